The van der Waals surface area contributed by atoms with Crippen LogP contribution >= 0.6 is 0 Å². The van der Waals surface area contributed by atoms with Crippen molar-refractivity contribution < 1.29 is 27.3 Å². The van der Waals surface area contributed by atoms with Gasteiger partial charge in [-0.15, -0.1) is 54.1 Å². The molecule has 70 heavy (non-hydrogen) atoms. The summed E-state index contributed by atoms with van der Waals surface area (Å²) in [5.41, 5.74) is 15.3. The van der Waals surface area contributed by atoms with Crippen molar-refractivity contribution in [1.29, 1.82) is 0 Å². The van der Waals surface area contributed by atoms with Crippen molar-refractivity contribution in [3.63, 3.8) is 0 Å². The van der Waals surface area contributed by atoms with E-state index in [4.69, 9.17) is 17.1 Å². The number of furan rings is 1. The average molecular weight is 1110 g/mol. The van der Waals surface area contributed by atoms with Crippen LogP contribution in [-0.2, 0) is 26.5 Å². The molecule has 11 rings (SSSR count). The maximum atomic E-state index is 8.84. The molecule has 349 valence electrons. The quantitative estimate of drug-likeness (QED) is 0.101. The Kier molecular flexibility index (Phi) is 13.3. The van der Waals surface area contributed by atoms with Crippen LogP contribution in [0, 0.1) is 12.1 Å². The molecule has 0 aliphatic heterocycles. The predicted molar refractivity (Wildman–Crippen MR) is 290 cm³/mol. The molecule has 0 saturated heterocycles. The van der Waals surface area contributed by atoms with Crippen LogP contribution in [0.3, 0.4) is 0 Å². The van der Waals surface area contributed by atoms with Gasteiger partial charge in [-0.2, -0.15) is 0 Å². The molecule has 0 atom stereocenters. The first-order chi connectivity index (χ1) is 34.3. The first-order valence-corrected chi connectivity index (χ1v) is 27.3. The number of hydrogen-bond acceptors (Lipinski definition) is 4. The van der Waals surface area contributed by atoms with Gasteiger partial charge in [0.25, 0.3) is 0 Å². The fourth-order valence-electron chi connectivity index (χ4n) is 9.14. The second kappa shape index (κ2) is 20.5. The number of hydrogen-bond donors (Lipinski definition) is 0. The van der Waals surface area contributed by atoms with Crippen molar-refractivity contribution in [2.75, 3.05) is 0 Å². The molecular formula is C63H56IrN4OSi-2. The molecule has 7 heteroatoms. The fraction of sp³-hybridized carbons (Fsp3) is 0.159. The van der Waals surface area contributed by atoms with Gasteiger partial charge < -0.3 is 14.0 Å². The zero-order chi connectivity index (χ0) is 49.4. The summed E-state index contributed by atoms with van der Waals surface area (Å²) in [6.45, 7) is 15.7. The third-order valence-electron chi connectivity index (χ3n) is 12.7. The minimum Gasteiger partial charge on any atom is -0.501 e. The SMILES string of the molecule is CC(C)c1cc(-c2ccccc2)cc(C(C)C)c1-n1c(-c2[c-]ccc3c2oc2ccccc23)nc2cc(-c3ccccc3)cnc21.[2H]C([2H])(c1ccccc1)c1cc(-c2[c-]cccc2)ncc1[Si](C)(C)C.[Ir]. The van der Waals surface area contributed by atoms with Gasteiger partial charge in [0.15, 0.2) is 5.65 Å². The second-order valence-corrected chi connectivity index (χ2v) is 24.2. The molecule has 5 nitrogen and oxygen atoms in total. The van der Waals surface area contributed by atoms with E-state index < -0.39 is 14.4 Å². The molecule has 0 amide bonds. The molecule has 0 bridgehead atoms. The number of rotatable bonds is 10. The number of pyridine rings is 2. The average Bonchev–Trinajstić information content (AvgIpc) is 3.97. The van der Waals surface area contributed by atoms with E-state index >= 15 is 0 Å². The summed E-state index contributed by atoms with van der Waals surface area (Å²) < 4.78 is 26.5. The zero-order valence-corrected chi connectivity index (χ0v) is 44.0. The minimum absolute atomic E-state index is 0. The van der Waals surface area contributed by atoms with Crippen LogP contribution in [0.5, 0.6) is 0 Å². The third kappa shape index (κ3) is 9.75. The van der Waals surface area contributed by atoms with Gasteiger partial charge in [-0.1, -0.05) is 179 Å². The van der Waals surface area contributed by atoms with Crippen LogP contribution in [0.1, 0.15) is 64.5 Å². The summed E-state index contributed by atoms with van der Waals surface area (Å²) in [5, 5.41) is 3.19. The van der Waals surface area contributed by atoms with Gasteiger partial charge in [-0.25, -0.2) is 4.98 Å². The molecule has 0 fully saturated rings. The van der Waals surface area contributed by atoms with Gasteiger partial charge in [0.2, 0.25) is 0 Å². The maximum absolute atomic E-state index is 8.84. The van der Waals surface area contributed by atoms with Crippen molar-refractivity contribution >= 4 is 46.4 Å². The summed E-state index contributed by atoms with van der Waals surface area (Å²) >= 11 is 0. The third-order valence-corrected chi connectivity index (χ3v) is 14.7. The Labute approximate surface area is 429 Å². The fourth-order valence-corrected chi connectivity index (χ4v) is 10.5. The first-order valence-electron chi connectivity index (χ1n) is 24.8. The molecule has 0 spiro atoms. The van der Waals surface area contributed by atoms with Crippen molar-refractivity contribution in [3.8, 4) is 50.6 Å². The summed E-state index contributed by atoms with van der Waals surface area (Å²) in [6.07, 6.45) is 2.27. The number of fused-ring (bicyclic) bond motifs is 4. The molecule has 4 aromatic heterocycles. The van der Waals surface area contributed by atoms with Gasteiger partial charge in [-0.05, 0) is 86.7 Å². The Hall–Kier alpha value is -7.02. The molecule has 0 N–H and O–H groups in total. The number of para-hydroxylation sites is 1. The zero-order valence-electron chi connectivity index (χ0n) is 42.6. The molecule has 0 saturated carbocycles. The van der Waals surface area contributed by atoms with Gasteiger partial charge in [0.05, 0.1) is 25.0 Å². The second-order valence-electron chi connectivity index (χ2n) is 19.2. The Bertz CT molecular complexity index is 3630. The molecule has 1 radical (unpaired) electrons. The van der Waals surface area contributed by atoms with Gasteiger partial charge in [-0.3, -0.25) is 4.98 Å². The van der Waals surface area contributed by atoms with E-state index in [0.717, 1.165) is 83.3 Å². The standard InChI is InChI=1S/C42H34N3O.C21H22NSi.Ir/c1-26(2)35-22-30(28-14-7-5-8-15-28)23-36(27(3)4)39(35)45-41(34-20-13-19-33-32-18-11-12-21-38(32)46-40(33)34)44-37-24-31(25-43-42(37)45)29-16-9-6-10-17-29;1-23(2,3)21-16-22-20(18-12-8-5-9-13-18)15-19(21)14-17-10-6-4-7-11-17;/h5-19,21-27H,1-4H3;4-12,15-16H,14H2,1-3H3;/q2*-1;/i;14D2;. The number of imidazole rings is 1. The molecular weight excluding hydrogens is 1050 g/mol. The Balaban J connectivity index is 0.000000209. The largest absolute Gasteiger partial charge is 0.501 e. The minimum atomic E-state index is -1.76. The van der Waals surface area contributed by atoms with Crippen molar-refractivity contribution in [1.82, 2.24) is 19.5 Å². The summed E-state index contributed by atoms with van der Waals surface area (Å²) in [6, 6.07) is 65.8. The van der Waals surface area contributed by atoms with Crippen LogP contribution in [0.4, 0.5) is 0 Å². The molecule has 11 aromatic rings. The van der Waals surface area contributed by atoms with Crippen molar-refractivity contribution in [2.24, 2.45) is 0 Å². The topological polar surface area (TPSA) is 56.7 Å². The molecule has 0 aliphatic carbocycles. The first kappa shape index (κ1) is 45.4. The summed E-state index contributed by atoms with van der Waals surface area (Å²) in [7, 11) is -1.76. The summed E-state index contributed by atoms with van der Waals surface area (Å²) in [4.78, 5) is 15.1. The Morgan fingerprint density at radius 2 is 1.24 bits per heavy atom. The van der Waals surface area contributed by atoms with E-state index in [9.17, 15) is 0 Å². The molecule has 0 aliphatic rings. The van der Waals surface area contributed by atoms with Gasteiger partial charge in [0, 0.05) is 51.9 Å². The number of benzene rings is 7. The Morgan fingerprint density at radius 3 is 1.89 bits per heavy atom. The Morgan fingerprint density at radius 1 is 0.614 bits per heavy atom. The maximum Gasteiger partial charge on any atom is 0.155 e. The van der Waals surface area contributed by atoms with Crippen LogP contribution in [0.25, 0.3) is 83.7 Å². The van der Waals surface area contributed by atoms with E-state index in [1.54, 1.807) is 0 Å². The van der Waals surface area contributed by atoms with Gasteiger partial charge in [0.1, 0.15) is 5.58 Å². The monoisotopic (exact) mass is 1110 g/mol. The van der Waals surface area contributed by atoms with Gasteiger partial charge >= 0.3 is 0 Å². The molecule has 4 heterocycles. The molecule has 0 unspecified atom stereocenters. The molecule has 7 aromatic carbocycles. The predicted octanol–water partition coefficient (Wildman–Crippen LogP) is 16.1. The van der Waals surface area contributed by atoms with Crippen LogP contribution in [0.15, 0.2) is 193 Å². The van der Waals surface area contributed by atoms with E-state index in [-0.39, 0.29) is 31.9 Å². The van der Waals surface area contributed by atoms with Crippen LogP contribution in [0.2, 0.25) is 19.6 Å². The van der Waals surface area contributed by atoms with Crippen LogP contribution in [-0.4, -0.2) is 27.6 Å². The van der Waals surface area contributed by atoms with E-state index in [1.807, 2.05) is 97.3 Å². The smallest absolute Gasteiger partial charge is 0.155 e. The van der Waals surface area contributed by atoms with Crippen LogP contribution < -0.4 is 5.19 Å². The van der Waals surface area contributed by atoms with Crippen molar-refractivity contribution in [3.05, 3.63) is 223 Å². The van der Waals surface area contributed by atoms with E-state index in [0.29, 0.717) is 5.56 Å². The normalized spacial score (nSPS) is 12.2. The summed E-state index contributed by atoms with van der Waals surface area (Å²) in [5.74, 6) is 1.26. The van der Waals surface area contributed by atoms with Crippen molar-refractivity contribution in [2.45, 2.75) is 65.5 Å². The number of nitrogens with zero attached hydrogens (tertiary/aromatic N) is 4. The van der Waals surface area contributed by atoms with E-state index in [1.165, 1.54) is 22.3 Å². The van der Waals surface area contributed by atoms with E-state index in [2.05, 4.69) is 160 Å². The number of aromatic nitrogens is 4.